The highest BCUT2D eigenvalue weighted by Crippen LogP contribution is 2.40. The molecule has 2 aliphatic rings. The second-order valence-corrected chi connectivity index (χ2v) is 6.47. The summed E-state index contributed by atoms with van der Waals surface area (Å²) < 4.78 is 0. The molecule has 2 fully saturated rings. The van der Waals surface area contributed by atoms with Gasteiger partial charge in [0.1, 0.15) is 0 Å². The molecular weight excluding hydrogens is 210 g/mol. The third-order valence-electron chi connectivity index (χ3n) is 5.05. The van der Waals surface area contributed by atoms with E-state index in [9.17, 15) is 4.79 Å². The largest absolute Gasteiger partial charge is 0.297 e. The number of Topliss-reactive ketones (excluding diaryl/α,β-unsaturated/α-hetero) is 1. The average Bonchev–Trinajstić information content (AvgIpc) is 2.78. The fourth-order valence-electron chi connectivity index (χ4n) is 3.93. The lowest BCUT2D eigenvalue weighted by Gasteiger charge is -2.39. The molecule has 98 valence electrons. The molecule has 0 heterocycles. The lowest BCUT2D eigenvalue weighted by atomic mass is 9.73. The van der Waals surface area contributed by atoms with Gasteiger partial charge in [0.15, 0.2) is 5.78 Å². The Morgan fingerprint density at radius 1 is 1.12 bits per heavy atom. The van der Waals surface area contributed by atoms with E-state index in [-0.39, 0.29) is 5.54 Å². The molecule has 0 aromatic heterocycles. The highest BCUT2D eigenvalue weighted by atomic mass is 16.1. The molecule has 0 bridgehead atoms. The predicted molar refractivity (Wildman–Crippen MR) is 71.0 cm³/mol. The molecule has 2 saturated carbocycles. The van der Waals surface area contributed by atoms with Gasteiger partial charge in [-0.1, -0.05) is 32.6 Å². The number of hydrogen-bond acceptors (Lipinski definition) is 2. The molecule has 0 aromatic rings. The Kier molecular flexibility index (Phi) is 3.92. The minimum atomic E-state index is -0.109. The molecule has 17 heavy (non-hydrogen) atoms. The maximum atomic E-state index is 12.9. The van der Waals surface area contributed by atoms with E-state index in [0.717, 1.165) is 31.6 Å². The lowest BCUT2D eigenvalue weighted by Crippen LogP contribution is -2.52. The molecule has 2 nitrogen and oxygen atoms in total. The first-order valence-corrected chi connectivity index (χ1v) is 7.28. The zero-order chi connectivity index (χ0) is 12.5. The van der Waals surface area contributed by atoms with E-state index in [0.29, 0.717) is 11.7 Å². The van der Waals surface area contributed by atoms with Gasteiger partial charge in [0.05, 0.1) is 5.54 Å². The van der Waals surface area contributed by atoms with Crippen LogP contribution in [-0.4, -0.2) is 30.3 Å². The van der Waals surface area contributed by atoms with Gasteiger partial charge < -0.3 is 0 Å². The van der Waals surface area contributed by atoms with Gasteiger partial charge in [-0.15, -0.1) is 0 Å². The topological polar surface area (TPSA) is 20.3 Å². The van der Waals surface area contributed by atoms with Crippen LogP contribution in [0.1, 0.15) is 58.3 Å². The van der Waals surface area contributed by atoms with Gasteiger partial charge in [0.25, 0.3) is 0 Å². The smallest absolute Gasteiger partial charge is 0.156 e. The first-order valence-electron chi connectivity index (χ1n) is 7.28. The van der Waals surface area contributed by atoms with Gasteiger partial charge in [0.2, 0.25) is 0 Å². The molecule has 2 atom stereocenters. The van der Waals surface area contributed by atoms with Crippen molar-refractivity contribution in [2.75, 3.05) is 14.1 Å². The third-order valence-corrected chi connectivity index (χ3v) is 5.05. The summed E-state index contributed by atoms with van der Waals surface area (Å²) in [6.45, 7) is 2.30. The summed E-state index contributed by atoms with van der Waals surface area (Å²) in [6, 6.07) is 0. The number of ketones is 1. The number of likely N-dealkylation sites (N-methyl/N-ethyl adjacent to an activating group) is 1. The first kappa shape index (κ1) is 13.1. The second kappa shape index (κ2) is 5.09. The zero-order valence-corrected chi connectivity index (χ0v) is 11.7. The number of carbonyl (C=O) groups is 1. The molecule has 2 heteroatoms. The van der Waals surface area contributed by atoms with Crippen LogP contribution in [0.5, 0.6) is 0 Å². The Labute approximate surface area is 106 Å². The van der Waals surface area contributed by atoms with Crippen LogP contribution < -0.4 is 0 Å². The van der Waals surface area contributed by atoms with Gasteiger partial charge in [-0.25, -0.2) is 0 Å². The minimum Gasteiger partial charge on any atom is -0.297 e. The van der Waals surface area contributed by atoms with E-state index >= 15 is 0 Å². The van der Waals surface area contributed by atoms with Crippen molar-refractivity contribution in [3.63, 3.8) is 0 Å². The fraction of sp³-hybridized carbons (Fsp3) is 0.933. The van der Waals surface area contributed by atoms with Gasteiger partial charge in [-0.05, 0) is 45.7 Å². The van der Waals surface area contributed by atoms with Gasteiger partial charge in [-0.3, -0.25) is 9.69 Å². The molecule has 0 N–H and O–H groups in total. The number of carbonyl (C=O) groups excluding carboxylic acids is 1. The van der Waals surface area contributed by atoms with Gasteiger partial charge in [-0.2, -0.15) is 0 Å². The summed E-state index contributed by atoms with van der Waals surface area (Å²) in [7, 11) is 4.19. The van der Waals surface area contributed by atoms with Crippen LogP contribution in [0.25, 0.3) is 0 Å². The SMILES string of the molecule is CC1CCCC(C(=O)C2(N(C)C)CCCC2)C1. The van der Waals surface area contributed by atoms with Crippen LogP contribution in [0.4, 0.5) is 0 Å². The van der Waals surface area contributed by atoms with Crippen molar-refractivity contribution in [3.8, 4) is 0 Å². The minimum absolute atomic E-state index is 0.109. The summed E-state index contributed by atoms with van der Waals surface area (Å²) in [4.78, 5) is 15.1. The Bertz CT molecular complexity index is 279. The van der Waals surface area contributed by atoms with Crippen LogP contribution in [0.2, 0.25) is 0 Å². The Hall–Kier alpha value is -0.370. The van der Waals surface area contributed by atoms with E-state index in [2.05, 4.69) is 25.9 Å². The highest BCUT2D eigenvalue weighted by Gasteiger charge is 2.46. The monoisotopic (exact) mass is 237 g/mol. The molecule has 0 spiro atoms. The molecule has 2 unspecified atom stereocenters. The Morgan fingerprint density at radius 2 is 1.76 bits per heavy atom. The molecule has 2 aliphatic carbocycles. The van der Waals surface area contributed by atoms with Crippen molar-refractivity contribution >= 4 is 5.78 Å². The quantitative estimate of drug-likeness (QED) is 0.751. The molecule has 0 amide bonds. The van der Waals surface area contributed by atoms with Crippen molar-refractivity contribution < 1.29 is 4.79 Å². The van der Waals surface area contributed by atoms with Crippen LogP contribution in [0.15, 0.2) is 0 Å². The molecule has 0 aliphatic heterocycles. The summed E-state index contributed by atoms with van der Waals surface area (Å²) in [5.41, 5.74) is -0.109. The van der Waals surface area contributed by atoms with Crippen molar-refractivity contribution in [1.29, 1.82) is 0 Å². The number of nitrogens with zero attached hydrogens (tertiary/aromatic N) is 1. The maximum absolute atomic E-state index is 12.9. The van der Waals surface area contributed by atoms with Gasteiger partial charge >= 0.3 is 0 Å². The van der Waals surface area contributed by atoms with Gasteiger partial charge in [0, 0.05) is 5.92 Å². The first-order chi connectivity index (χ1) is 8.06. The number of hydrogen-bond donors (Lipinski definition) is 0. The second-order valence-electron chi connectivity index (χ2n) is 6.47. The predicted octanol–water partition coefficient (Wildman–Crippen LogP) is 3.26. The van der Waals surface area contributed by atoms with Crippen molar-refractivity contribution in [2.24, 2.45) is 11.8 Å². The highest BCUT2D eigenvalue weighted by molar-refractivity contribution is 5.90. The maximum Gasteiger partial charge on any atom is 0.156 e. The summed E-state index contributed by atoms with van der Waals surface area (Å²) in [5.74, 6) is 1.66. The summed E-state index contributed by atoms with van der Waals surface area (Å²) in [6.07, 6.45) is 9.47. The third kappa shape index (κ3) is 2.42. The molecular formula is C15H27NO. The zero-order valence-electron chi connectivity index (χ0n) is 11.7. The molecule has 0 aromatic carbocycles. The van der Waals surface area contributed by atoms with E-state index < -0.39 is 0 Å². The standard InChI is InChI=1S/C15H27NO/c1-12-7-6-8-13(11-12)14(17)15(16(2)3)9-4-5-10-15/h12-13H,4-11H2,1-3H3. The summed E-state index contributed by atoms with van der Waals surface area (Å²) in [5, 5.41) is 0. The molecule has 0 saturated heterocycles. The van der Waals surface area contributed by atoms with Crippen molar-refractivity contribution in [2.45, 2.75) is 63.8 Å². The molecule has 0 radical (unpaired) electrons. The van der Waals surface area contributed by atoms with E-state index in [4.69, 9.17) is 0 Å². The van der Waals surface area contributed by atoms with Crippen LogP contribution in [0, 0.1) is 11.8 Å². The van der Waals surface area contributed by atoms with E-state index in [1.54, 1.807) is 0 Å². The van der Waals surface area contributed by atoms with Crippen LogP contribution in [-0.2, 0) is 4.79 Å². The molecule has 2 rings (SSSR count). The normalized spacial score (nSPS) is 32.9. The van der Waals surface area contributed by atoms with Crippen LogP contribution in [0.3, 0.4) is 0 Å². The fourth-order valence-corrected chi connectivity index (χ4v) is 3.93. The van der Waals surface area contributed by atoms with Crippen LogP contribution >= 0.6 is 0 Å². The van der Waals surface area contributed by atoms with E-state index in [1.165, 1.54) is 25.7 Å². The number of rotatable bonds is 3. The Morgan fingerprint density at radius 3 is 2.29 bits per heavy atom. The summed E-state index contributed by atoms with van der Waals surface area (Å²) >= 11 is 0. The van der Waals surface area contributed by atoms with E-state index in [1.807, 2.05) is 0 Å². The van der Waals surface area contributed by atoms with Crippen molar-refractivity contribution in [1.82, 2.24) is 4.90 Å². The Balaban J connectivity index is 2.11. The lowest BCUT2D eigenvalue weighted by molar-refractivity contribution is -0.135. The average molecular weight is 237 g/mol. The van der Waals surface area contributed by atoms with Crippen molar-refractivity contribution in [3.05, 3.63) is 0 Å².